The highest BCUT2D eigenvalue weighted by molar-refractivity contribution is 6.30. The van der Waals surface area contributed by atoms with Gasteiger partial charge in [0.05, 0.1) is 0 Å². The summed E-state index contributed by atoms with van der Waals surface area (Å²) in [5.74, 6) is -0.480. The second kappa shape index (κ2) is 4.64. The molecule has 0 unspecified atom stereocenters. The van der Waals surface area contributed by atoms with Gasteiger partial charge in [0.15, 0.2) is 0 Å². The molecule has 4 heteroatoms. The Bertz CT molecular complexity index is 367. The minimum absolute atomic E-state index is 0.480. The van der Waals surface area contributed by atoms with Crippen molar-refractivity contribution in [2.75, 3.05) is 0 Å². The topological polar surface area (TPSA) is 50.1 Å². The van der Waals surface area contributed by atoms with Crippen molar-refractivity contribution in [2.45, 2.75) is 13.0 Å². The van der Waals surface area contributed by atoms with E-state index in [1.807, 2.05) is 6.07 Å². The lowest BCUT2D eigenvalue weighted by molar-refractivity contribution is -0.144. The summed E-state index contributed by atoms with van der Waals surface area (Å²) in [6.07, 6.45) is -0.857. The van der Waals surface area contributed by atoms with E-state index in [1.54, 1.807) is 24.3 Å². The number of nitriles is 1. The van der Waals surface area contributed by atoms with Crippen LogP contribution in [0.1, 0.15) is 18.6 Å². The average molecular weight is 210 g/mol. The molecular formula is C10H8ClNO2. The molecule has 1 rings (SSSR count). The smallest absolute Gasteiger partial charge is 0.304 e. The van der Waals surface area contributed by atoms with Crippen molar-refractivity contribution in [3.8, 4) is 6.07 Å². The van der Waals surface area contributed by atoms with Crippen LogP contribution < -0.4 is 0 Å². The van der Waals surface area contributed by atoms with Gasteiger partial charge >= 0.3 is 5.97 Å². The van der Waals surface area contributed by atoms with Gasteiger partial charge in [-0.15, -0.1) is 0 Å². The van der Waals surface area contributed by atoms with Gasteiger partial charge in [0.1, 0.15) is 6.07 Å². The summed E-state index contributed by atoms with van der Waals surface area (Å²) < 4.78 is 4.78. The second-order valence-electron chi connectivity index (χ2n) is 2.67. The molecule has 0 bridgehead atoms. The minimum atomic E-state index is -0.857. The molecule has 0 aliphatic rings. The van der Waals surface area contributed by atoms with Gasteiger partial charge in [0, 0.05) is 17.5 Å². The van der Waals surface area contributed by atoms with Crippen LogP contribution in [0.25, 0.3) is 0 Å². The van der Waals surface area contributed by atoms with Crippen LogP contribution in [0.15, 0.2) is 24.3 Å². The molecule has 0 saturated heterocycles. The van der Waals surface area contributed by atoms with Gasteiger partial charge in [0.25, 0.3) is 0 Å². The zero-order valence-corrected chi connectivity index (χ0v) is 8.28. The molecule has 0 spiro atoms. The number of halogens is 1. The van der Waals surface area contributed by atoms with Gasteiger partial charge in [-0.25, -0.2) is 0 Å². The monoisotopic (exact) mass is 209 g/mol. The van der Waals surface area contributed by atoms with Crippen LogP contribution in [0.3, 0.4) is 0 Å². The third-order valence-electron chi connectivity index (χ3n) is 1.57. The summed E-state index contributed by atoms with van der Waals surface area (Å²) in [5.41, 5.74) is 0.618. The molecule has 14 heavy (non-hydrogen) atoms. The molecule has 0 aliphatic heterocycles. The average Bonchev–Trinajstić information content (AvgIpc) is 2.15. The number of benzene rings is 1. The molecule has 72 valence electrons. The summed E-state index contributed by atoms with van der Waals surface area (Å²) >= 11 is 5.67. The highest BCUT2D eigenvalue weighted by Gasteiger charge is 2.12. The first kappa shape index (κ1) is 10.6. The van der Waals surface area contributed by atoms with Crippen molar-refractivity contribution in [3.05, 3.63) is 34.9 Å². The van der Waals surface area contributed by atoms with Crippen LogP contribution in [0.4, 0.5) is 0 Å². The van der Waals surface area contributed by atoms with E-state index in [1.165, 1.54) is 6.92 Å². The lowest BCUT2D eigenvalue weighted by Crippen LogP contribution is -2.06. The van der Waals surface area contributed by atoms with Gasteiger partial charge in [0.2, 0.25) is 6.10 Å². The summed E-state index contributed by atoms with van der Waals surface area (Å²) in [7, 11) is 0. The van der Waals surface area contributed by atoms with E-state index in [4.69, 9.17) is 21.6 Å². The molecule has 1 atom stereocenters. The largest absolute Gasteiger partial charge is 0.442 e. The summed E-state index contributed by atoms with van der Waals surface area (Å²) in [5, 5.41) is 9.31. The molecule has 0 N–H and O–H groups in total. The van der Waals surface area contributed by atoms with E-state index in [0.29, 0.717) is 10.6 Å². The maximum absolute atomic E-state index is 10.7. The molecule has 0 amide bonds. The zero-order chi connectivity index (χ0) is 10.6. The second-order valence-corrected chi connectivity index (χ2v) is 3.11. The van der Waals surface area contributed by atoms with Gasteiger partial charge in [-0.2, -0.15) is 5.26 Å². The summed E-state index contributed by atoms with van der Waals surface area (Å²) in [6, 6.07) is 8.47. The third kappa shape index (κ3) is 2.75. The number of ether oxygens (including phenoxy) is 1. The van der Waals surface area contributed by atoms with Crippen LogP contribution in [0, 0.1) is 11.3 Å². The SMILES string of the molecule is CC(=O)O[C@H](C#N)c1ccc(Cl)cc1. The Hall–Kier alpha value is -1.53. The minimum Gasteiger partial charge on any atom is -0.442 e. The number of hydrogen-bond donors (Lipinski definition) is 0. The highest BCUT2D eigenvalue weighted by Crippen LogP contribution is 2.19. The van der Waals surface area contributed by atoms with E-state index < -0.39 is 12.1 Å². The molecule has 3 nitrogen and oxygen atoms in total. The molecular weight excluding hydrogens is 202 g/mol. The van der Waals surface area contributed by atoms with Gasteiger partial charge < -0.3 is 4.74 Å². The fraction of sp³-hybridized carbons (Fsp3) is 0.200. The Kier molecular flexibility index (Phi) is 3.49. The first-order valence-corrected chi connectivity index (χ1v) is 4.33. The first-order chi connectivity index (χ1) is 6.63. The number of nitrogens with zero attached hydrogens (tertiary/aromatic N) is 1. The Balaban J connectivity index is 2.85. The van der Waals surface area contributed by atoms with Crippen LogP contribution in [-0.4, -0.2) is 5.97 Å². The molecule has 0 aliphatic carbocycles. The number of hydrogen-bond acceptors (Lipinski definition) is 3. The van der Waals surface area contributed by atoms with Crippen molar-refractivity contribution < 1.29 is 9.53 Å². The lowest BCUT2D eigenvalue weighted by Gasteiger charge is -2.08. The molecule has 0 fully saturated rings. The van der Waals surface area contributed by atoms with Crippen molar-refractivity contribution >= 4 is 17.6 Å². The van der Waals surface area contributed by atoms with Crippen molar-refractivity contribution in [3.63, 3.8) is 0 Å². The number of esters is 1. The van der Waals surface area contributed by atoms with Crippen LogP contribution in [0.5, 0.6) is 0 Å². The lowest BCUT2D eigenvalue weighted by atomic mass is 10.1. The van der Waals surface area contributed by atoms with Crippen LogP contribution >= 0.6 is 11.6 Å². The van der Waals surface area contributed by atoms with E-state index in [-0.39, 0.29) is 0 Å². The van der Waals surface area contributed by atoms with Gasteiger partial charge in [-0.3, -0.25) is 4.79 Å². The third-order valence-corrected chi connectivity index (χ3v) is 1.83. The Morgan fingerprint density at radius 3 is 2.50 bits per heavy atom. The molecule has 0 radical (unpaired) electrons. The Labute approximate surface area is 86.9 Å². The van der Waals surface area contributed by atoms with E-state index >= 15 is 0 Å². The van der Waals surface area contributed by atoms with Gasteiger partial charge in [-0.1, -0.05) is 23.7 Å². The van der Waals surface area contributed by atoms with E-state index in [2.05, 4.69) is 0 Å². The number of carbonyl (C=O) groups excluding carboxylic acids is 1. The van der Waals surface area contributed by atoms with Crippen molar-refractivity contribution in [1.29, 1.82) is 5.26 Å². The van der Waals surface area contributed by atoms with E-state index in [0.717, 1.165) is 0 Å². The Morgan fingerprint density at radius 2 is 2.07 bits per heavy atom. The van der Waals surface area contributed by atoms with Gasteiger partial charge in [-0.05, 0) is 12.1 Å². The number of rotatable bonds is 2. The highest BCUT2D eigenvalue weighted by atomic mass is 35.5. The fourth-order valence-corrected chi connectivity index (χ4v) is 1.10. The molecule has 1 aromatic carbocycles. The Morgan fingerprint density at radius 1 is 1.50 bits per heavy atom. The standard InChI is InChI=1S/C10H8ClNO2/c1-7(13)14-10(6-12)8-2-4-9(11)5-3-8/h2-5,10H,1H3/t10-/m1/s1. The van der Waals surface area contributed by atoms with Crippen LogP contribution in [0.2, 0.25) is 5.02 Å². The van der Waals surface area contributed by atoms with E-state index in [9.17, 15) is 4.79 Å². The fourth-order valence-electron chi connectivity index (χ4n) is 0.972. The normalized spacial score (nSPS) is 11.5. The van der Waals surface area contributed by atoms with Crippen molar-refractivity contribution in [1.82, 2.24) is 0 Å². The molecule has 0 heterocycles. The summed E-state index contributed by atoms with van der Waals surface area (Å²) in [6.45, 7) is 1.26. The maximum Gasteiger partial charge on any atom is 0.304 e. The maximum atomic E-state index is 10.7. The predicted molar refractivity (Wildman–Crippen MR) is 51.6 cm³/mol. The first-order valence-electron chi connectivity index (χ1n) is 3.96. The predicted octanol–water partition coefficient (Wildman–Crippen LogP) is 2.47. The van der Waals surface area contributed by atoms with Crippen molar-refractivity contribution in [2.24, 2.45) is 0 Å². The zero-order valence-electron chi connectivity index (χ0n) is 7.53. The quantitative estimate of drug-likeness (QED) is 0.703. The molecule has 1 aromatic rings. The van der Waals surface area contributed by atoms with Crippen LogP contribution in [-0.2, 0) is 9.53 Å². The molecule has 0 saturated carbocycles. The molecule has 0 aromatic heterocycles. The number of carbonyl (C=O) groups is 1. The summed E-state index contributed by atoms with van der Waals surface area (Å²) in [4.78, 5) is 10.7.